The first kappa shape index (κ1) is 27.2. The van der Waals surface area contributed by atoms with Gasteiger partial charge in [0.1, 0.15) is 0 Å². The van der Waals surface area contributed by atoms with E-state index in [1.54, 1.807) is 0 Å². The van der Waals surface area contributed by atoms with Gasteiger partial charge in [-0.3, -0.25) is 0 Å². The van der Waals surface area contributed by atoms with Crippen molar-refractivity contribution in [1.29, 1.82) is 0 Å². The molecule has 0 aliphatic heterocycles. The minimum Gasteiger partial charge on any atom is -0.462 e. The van der Waals surface area contributed by atoms with Gasteiger partial charge >= 0.3 is 47.4 Å². The summed E-state index contributed by atoms with van der Waals surface area (Å²) >= 11 is 0. The zero-order valence-electron chi connectivity index (χ0n) is 13.8. The molecule has 0 aliphatic carbocycles. The van der Waals surface area contributed by atoms with Crippen LogP contribution in [0.4, 0.5) is 61.5 Å². The highest BCUT2D eigenvalue weighted by Crippen LogP contribution is 2.62. The maximum Gasteiger partial charge on any atom is 0.384 e. The van der Waals surface area contributed by atoms with Gasteiger partial charge in [-0.25, -0.2) is 4.79 Å². The van der Waals surface area contributed by atoms with Crippen molar-refractivity contribution in [2.24, 2.45) is 0 Å². The molecule has 0 rings (SSSR count). The monoisotopic (exact) mass is 464 g/mol. The minimum atomic E-state index is -8.09. The van der Waals surface area contributed by atoms with Crippen LogP contribution in [0.15, 0.2) is 12.7 Å². The molecule has 0 unspecified atom stereocenters. The number of carbonyl (C=O) groups excluding carboxylic acids is 1. The molecular formula is C13H10F14O2. The number of ether oxygens (including phenoxy) is 1. The average molecular weight is 464 g/mol. The van der Waals surface area contributed by atoms with Crippen molar-refractivity contribution in [3.63, 3.8) is 0 Å². The van der Waals surface area contributed by atoms with Crippen LogP contribution < -0.4 is 0 Å². The Kier molecular flexibility index (Phi) is 7.03. The second-order valence-corrected chi connectivity index (χ2v) is 5.59. The van der Waals surface area contributed by atoms with E-state index >= 15 is 0 Å². The standard InChI is InChI=1S/C13H10F14O2/c1-3-6(28)29-5-4-8(16,17)10(20,21)12(24,25)13(26,27)11(22,23)9(18,19)7(2,14)15/h3H,1,4-5H2,2H3. The zero-order chi connectivity index (χ0) is 23.9. The Bertz CT molecular complexity index is 619. The smallest absolute Gasteiger partial charge is 0.384 e. The van der Waals surface area contributed by atoms with Gasteiger partial charge in [0.05, 0.1) is 13.0 Å². The van der Waals surface area contributed by atoms with E-state index in [0.29, 0.717) is 0 Å². The van der Waals surface area contributed by atoms with Gasteiger partial charge in [-0.1, -0.05) is 6.58 Å². The maximum absolute atomic E-state index is 13.4. The quantitative estimate of drug-likeness (QED) is 0.240. The van der Waals surface area contributed by atoms with Crippen molar-refractivity contribution < 1.29 is 71.0 Å². The topological polar surface area (TPSA) is 26.3 Å². The maximum atomic E-state index is 13.4. The first-order valence-corrected chi connectivity index (χ1v) is 6.89. The van der Waals surface area contributed by atoms with E-state index in [9.17, 15) is 66.3 Å². The fourth-order valence-electron chi connectivity index (χ4n) is 1.59. The van der Waals surface area contributed by atoms with Crippen molar-refractivity contribution in [3.05, 3.63) is 12.7 Å². The highest BCUT2D eigenvalue weighted by molar-refractivity contribution is 5.81. The van der Waals surface area contributed by atoms with Gasteiger partial charge in [0, 0.05) is 13.0 Å². The molecule has 0 saturated carbocycles. The van der Waals surface area contributed by atoms with Crippen LogP contribution in [0.3, 0.4) is 0 Å². The predicted molar refractivity (Wildman–Crippen MR) is 66.1 cm³/mol. The molecule has 0 saturated heterocycles. The van der Waals surface area contributed by atoms with E-state index < -0.39 is 67.4 Å². The molecule has 0 bridgehead atoms. The molecular weight excluding hydrogens is 454 g/mol. The Morgan fingerprint density at radius 3 is 1.41 bits per heavy atom. The highest BCUT2D eigenvalue weighted by Gasteiger charge is 2.92. The van der Waals surface area contributed by atoms with Gasteiger partial charge in [0.15, 0.2) is 0 Å². The number of esters is 1. The number of alkyl halides is 14. The molecule has 16 heteroatoms. The first-order chi connectivity index (χ1) is 12.5. The number of hydrogen-bond acceptors (Lipinski definition) is 2. The first-order valence-electron chi connectivity index (χ1n) is 6.89. The van der Waals surface area contributed by atoms with E-state index in [1.807, 2.05) is 0 Å². The Morgan fingerprint density at radius 1 is 0.724 bits per heavy atom. The molecule has 2 nitrogen and oxygen atoms in total. The van der Waals surface area contributed by atoms with Crippen LogP contribution in [0.1, 0.15) is 13.3 Å². The number of hydrogen-bond donors (Lipinski definition) is 0. The van der Waals surface area contributed by atoms with Gasteiger partial charge in [-0.15, -0.1) is 0 Å². The van der Waals surface area contributed by atoms with Crippen LogP contribution in [0.25, 0.3) is 0 Å². The highest BCUT2D eigenvalue weighted by atomic mass is 19.4. The molecule has 0 radical (unpaired) electrons. The Hall–Kier alpha value is -1.77. The van der Waals surface area contributed by atoms with E-state index in [-0.39, 0.29) is 6.08 Å². The van der Waals surface area contributed by atoms with Crippen molar-refractivity contribution in [1.82, 2.24) is 0 Å². The van der Waals surface area contributed by atoms with Crippen LogP contribution in [-0.4, -0.2) is 54.0 Å². The van der Waals surface area contributed by atoms with Crippen LogP contribution in [0, 0.1) is 0 Å². The van der Waals surface area contributed by atoms with Gasteiger partial charge in [-0.2, -0.15) is 61.5 Å². The van der Waals surface area contributed by atoms with Crippen LogP contribution >= 0.6 is 0 Å². The van der Waals surface area contributed by atoms with Crippen molar-refractivity contribution >= 4 is 5.97 Å². The van der Waals surface area contributed by atoms with E-state index in [1.165, 1.54) is 0 Å². The zero-order valence-corrected chi connectivity index (χ0v) is 13.8. The SMILES string of the molecule is C=CC(=O)OCCC(F)(F)C(F)(F)C(F)(F)C(F)(F)C(F)(F)C(F)(F)C(C)(F)F. The number of halogens is 14. The van der Waals surface area contributed by atoms with E-state index in [0.717, 1.165) is 0 Å². The molecule has 0 heterocycles. The number of rotatable bonds is 10. The summed E-state index contributed by atoms with van der Waals surface area (Å²) in [6.07, 6.45) is -2.37. The van der Waals surface area contributed by atoms with E-state index in [4.69, 9.17) is 0 Å². The summed E-state index contributed by atoms with van der Waals surface area (Å²) in [5, 5.41) is 0. The molecule has 0 atom stereocenters. The van der Waals surface area contributed by atoms with Gasteiger partial charge in [0.2, 0.25) is 0 Å². The van der Waals surface area contributed by atoms with Crippen LogP contribution in [-0.2, 0) is 9.53 Å². The lowest BCUT2D eigenvalue weighted by Crippen LogP contribution is -2.72. The Labute approximate surface area is 152 Å². The predicted octanol–water partition coefficient (Wildman–Crippen LogP) is 5.57. The molecule has 29 heavy (non-hydrogen) atoms. The Morgan fingerprint density at radius 2 is 1.07 bits per heavy atom. The Balaban J connectivity index is 6.15. The molecule has 0 N–H and O–H groups in total. The van der Waals surface area contributed by atoms with Crippen molar-refractivity contribution in [3.8, 4) is 0 Å². The second-order valence-electron chi connectivity index (χ2n) is 5.59. The molecule has 0 aromatic carbocycles. The van der Waals surface area contributed by atoms with E-state index in [2.05, 4.69) is 11.3 Å². The lowest BCUT2D eigenvalue weighted by Gasteiger charge is -2.42. The number of carbonyl (C=O) groups is 1. The molecule has 0 spiro atoms. The fraction of sp³-hybridized carbons (Fsp3) is 0.769. The third-order valence-electron chi connectivity index (χ3n) is 3.42. The van der Waals surface area contributed by atoms with Crippen molar-refractivity contribution in [2.75, 3.05) is 6.61 Å². The van der Waals surface area contributed by atoms with Gasteiger partial charge < -0.3 is 4.74 Å². The van der Waals surface area contributed by atoms with Crippen LogP contribution in [0.5, 0.6) is 0 Å². The summed E-state index contributed by atoms with van der Waals surface area (Å²) in [7, 11) is 0. The van der Waals surface area contributed by atoms with Gasteiger partial charge in [-0.05, 0) is 0 Å². The fourth-order valence-corrected chi connectivity index (χ4v) is 1.59. The minimum absolute atomic E-state index is 0.284. The van der Waals surface area contributed by atoms with Gasteiger partial charge in [0.25, 0.3) is 0 Å². The molecule has 0 fully saturated rings. The molecule has 0 aromatic heterocycles. The average Bonchev–Trinajstić information content (AvgIpc) is 2.52. The second kappa shape index (κ2) is 7.49. The van der Waals surface area contributed by atoms with Crippen LogP contribution in [0.2, 0.25) is 0 Å². The molecule has 172 valence electrons. The molecule has 0 amide bonds. The normalized spacial score (nSPS) is 15.3. The summed E-state index contributed by atoms with van der Waals surface area (Å²) in [6.45, 7) is -0.233. The third-order valence-corrected chi connectivity index (χ3v) is 3.42. The summed E-state index contributed by atoms with van der Waals surface area (Å²) < 4.78 is 188. The third kappa shape index (κ3) is 4.11. The summed E-state index contributed by atoms with van der Waals surface area (Å²) in [4.78, 5) is 10.5. The summed E-state index contributed by atoms with van der Waals surface area (Å²) in [5.74, 6) is -52.8. The lowest BCUT2D eigenvalue weighted by atomic mass is 9.89. The largest absolute Gasteiger partial charge is 0.462 e. The molecule has 0 aromatic rings. The lowest BCUT2D eigenvalue weighted by molar-refractivity contribution is -0.440. The summed E-state index contributed by atoms with van der Waals surface area (Å²) in [6, 6.07) is 0. The van der Waals surface area contributed by atoms with Crippen molar-refractivity contribution in [2.45, 2.75) is 54.8 Å². The molecule has 0 aliphatic rings. The summed E-state index contributed by atoms with van der Waals surface area (Å²) in [5.41, 5.74) is 0.